The lowest BCUT2D eigenvalue weighted by molar-refractivity contribution is 0.0699. The smallest absolute Gasteiger partial charge is 0.338 e. The van der Waals surface area contributed by atoms with Gasteiger partial charge < -0.3 is 14.7 Å². The zero-order valence-corrected chi connectivity index (χ0v) is 17.1. The van der Waals surface area contributed by atoms with Gasteiger partial charge in [0.2, 0.25) is 0 Å². The Morgan fingerprint density at radius 3 is 2.70 bits per heavy atom. The third-order valence-electron chi connectivity index (χ3n) is 5.41. The van der Waals surface area contributed by atoms with Crippen molar-refractivity contribution < 1.29 is 14.6 Å². The first kappa shape index (κ1) is 18.8. The van der Waals surface area contributed by atoms with Gasteiger partial charge in [-0.3, -0.25) is 9.55 Å². The van der Waals surface area contributed by atoms with Gasteiger partial charge >= 0.3 is 5.97 Å². The van der Waals surface area contributed by atoms with Crippen LogP contribution in [0, 0.1) is 6.92 Å². The molecule has 0 bridgehead atoms. The van der Waals surface area contributed by atoms with Crippen molar-refractivity contribution >= 4 is 45.2 Å². The van der Waals surface area contributed by atoms with Crippen LogP contribution in [0.4, 0.5) is 5.69 Å². The van der Waals surface area contributed by atoms with Crippen molar-refractivity contribution in [2.45, 2.75) is 6.92 Å². The SMILES string of the molecule is Cc1nc2c(C(=O)O)cc(N3CCOCC3)cc2n1-c1cnc2ccc(Cl)cc2c1. The van der Waals surface area contributed by atoms with Crippen molar-refractivity contribution in [3.05, 3.63) is 59.0 Å². The largest absolute Gasteiger partial charge is 0.478 e. The first-order valence-electron chi connectivity index (χ1n) is 9.66. The summed E-state index contributed by atoms with van der Waals surface area (Å²) in [5.41, 5.74) is 3.87. The number of hydrogen-bond donors (Lipinski definition) is 1. The Balaban J connectivity index is 1.74. The minimum Gasteiger partial charge on any atom is -0.478 e. The summed E-state index contributed by atoms with van der Waals surface area (Å²) in [6.45, 7) is 4.53. The number of pyridine rings is 1. The Bertz CT molecular complexity index is 1290. The number of benzene rings is 2. The number of rotatable bonds is 3. The molecule has 1 fully saturated rings. The van der Waals surface area contributed by atoms with Gasteiger partial charge in [0, 0.05) is 29.2 Å². The van der Waals surface area contributed by atoms with Crippen LogP contribution in [0.2, 0.25) is 5.02 Å². The number of anilines is 1. The van der Waals surface area contributed by atoms with E-state index in [-0.39, 0.29) is 5.56 Å². The Labute approximate surface area is 177 Å². The van der Waals surface area contributed by atoms with Crippen LogP contribution in [-0.4, -0.2) is 51.9 Å². The van der Waals surface area contributed by atoms with E-state index >= 15 is 0 Å². The molecule has 0 atom stereocenters. The molecule has 8 heteroatoms. The van der Waals surface area contributed by atoms with Gasteiger partial charge in [-0.05, 0) is 43.3 Å². The van der Waals surface area contributed by atoms with Crippen molar-refractivity contribution in [3.8, 4) is 5.69 Å². The molecule has 30 heavy (non-hydrogen) atoms. The third-order valence-corrected chi connectivity index (χ3v) is 5.64. The molecular formula is C22H19ClN4O3. The molecule has 7 nitrogen and oxygen atoms in total. The predicted octanol–water partition coefficient (Wildman–Crippen LogP) is 4.07. The van der Waals surface area contributed by atoms with Gasteiger partial charge in [-0.2, -0.15) is 0 Å². The Morgan fingerprint density at radius 2 is 1.93 bits per heavy atom. The zero-order chi connectivity index (χ0) is 20.8. The fraction of sp³-hybridized carbons (Fsp3) is 0.227. The minimum absolute atomic E-state index is 0.188. The number of aryl methyl sites for hydroxylation is 1. The molecule has 1 aliphatic rings. The van der Waals surface area contributed by atoms with Crippen LogP contribution in [0.1, 0.15) is 16.2 Å². The van der Waals surface area contributed by atoms with Gasteiger partial charge in [0.1, 0.15) is 11.3 Å². The van der Waals surface area contributed by atoms with Gasteiger partial charge in [-0.15, -0.1) is 0 Å². The summed E-state index contributed by atoms with van der Waals surface area (Å²) < 4.78 is 7.38. The van der Waals surface area contributed by atoms with Crippen LogP contribution in [0.3, 0.4) is 0 Å². The molecule has 1 saturated heterocycles. The number of carbonyl (C=O) groups is 1. The van der Waals surface area contributed by atoms with Gasteiger partial charge in [0.15, 0.2) is 0 Å². The second kappa shape index (κ2) is 7.27. The Morgan fingerprint density at radius 1 is 1.13 bits per heavy atom. The summed E-state index contributed by atoms with van der Waals surface area (Å²) in [6, 6.07) is 11.2. The number of halogens is 1. The normalized spacial score (nSPS) is 14.5. The second-order valence-corrected chi connectivity index (χ2v) is 7.73. The molecule has 0 amide bonds. The number of nitrogens with zero attached hydrogens (tertiary/aromatic N) is 4. The maximum Gasteiger partial charge on any atom is 0.338 e. The highest BCUT2D eigenvalue weighted by atomic mass is 35.5. The summed E-state index contributed by atoms with van der Waals surface area (Å²) >= 11 is 6.16. The van der Waals surface area contributed by atoms with Crippen LogP contribution in [-0.2, 0) is 4.74 Å². The average molecular weight is 423 g/mol. The highest BCUT2D eigenvalue weighted by Gasteiger charge is 2.21. The number of morpholine rings is 1. The second-order valence-electron chi connectivity index (χ2n) is 7.29. The molecule has 0 radical (unpaired) electrons. The van der Waals surface area contributed by atoms with Gasteiger partial charge in [0.25, 0.3) is 0 Å². The maximum absolute atomic E-state index is 12.0. The van der Waals surface area contributed by atoms with E-state index in [1.54, 1.807) is 12.3 Å². The van der Waals surface area contributed by atoms with Crippen LogP contribution in [0.5, 0.6) is 0 Å². The molecule has 1 N–H and O–H groups in total. The van der Waals surface area contributed by atoms with Crippen LogP contribution in [0.25, 0.3) is 27.6 Å². The molecule has 152 valence electrons. The van der Waals surface area contributed by atoms with Crippen molar-refractivity contribution in [2.75, 3.05) is 31.2 Å². The fourth-order valence-corrected chi connectivity index (χ4v) is 4.17. The quantitative estimate of drug-likeness (QED) is 0.536. The number of ether oxygens (including phenoxy) is 1. The molecule has 4 aromatic rings. The number of imidazole rings is 1. The molecule has 0 saturated carbocycles. The summed E-state index contributed by atoms with van der Waals surface area (Å²) in [7, 11) is 0. The van der Waals surface area contributed by atoms with E-state index in [2.05, 4.69) is 14.9 Å². The number of carboxylic acid groups (broad SMARTS) is 1. The molecule has 0 spiro atoms. The monoisotopic (exact) mass is 422 g/mol. The van der Waals surface area contributed by atoms with Crippen molar-refractivity contribution in [1.29, 1.82) is 0 Å². The maximum atomic E-state index is 12.0. The lowest BCUT2D eigenvalue weighted by atomic mass is 10.1. The highest BCUT2D eigenvalue weighted by Crippen LogP contribution is 2.31. The molecule has 0 unspecified atom stereocenters. The molecule has 1 aliphatic heterocycles. The first-order valence-corrected chi connectivity index (χ1v) is 10.0. The molecule has 0 aliphatic carbocycles. The topological polar surface area (TPSA) is 80.5 Å². The van der Waals surface area contributed by atoms with Crippen LogP contribution >= 0.6 is 11.6 Å². The van der Waals surface area contributed by atoms with E-state index in [4.69, 9.17) is 16.3 Å². The standard InChI is InChI=1S/C22H19ClN4O3/c1-13-25-21-18(22(28)29)10-16(26-4-6-30-7-5-26)11-20(21)27(13)17-9-14-8-15(23)2-3-19(14)24-12-17/h2-3,8-12H,4-7H2,1H3,(H,28,29). The molecular weight excluding hydrogens is 404 g/mol. The first-order chi connectivity index (χ1) is 14.5. The van der Waals surface area contributed by atoms with E-state index in [1.165, 1.54) is 0 Å². The fourth-order valence-electron chi connectivity index (χ4n) is 3.98. The minimum atomic E-state index is -0.997. The van der Waals surface area contributed by atoms with Crippen molar-refractivity contribution in [3.63, 3.8) is 0 Å². The van der Waals surface area contributed by atoms with Gasteiger partial charge in [-0.25, -0.2) is 9.78 Å². The van der Waals surface area contributed by atoms with E-state index in [1.807, 2.05) is 41.8 Å². The highest BCUT2D eigenvalue weighted by molar-refractivity contribution is 6.31. The summed E-state index contributed by atoms with van der Waals surface area (Å²) in [6.07, 6.45) is 1.77. The number of carboxylic acids is 1. The number of aromatic carboxylic acids is 1. The Hall–Kier alpha value is -3.16. The van der Waals surface area contributed by atoms with Gasteiger partial charge in [-0.1, -0.05) is 11.6 Å². The Kier molecular flexibility index (Phi) is 4.56. The predicted molar refractivity (Wildman–Crippen MR) is 116 cm³/mol. The van der Waals surface area contributed by atoms with Crippen molar-refractivity contribution in [2.24, 2.45) is 0 Å². The van der Waals surface area contributed by atoms with Crippen LogP contribution in [0.15, 0.2) is 42.6 Å². The number of aromatic nitrogens is 3. The molecule has 5 rings (SSSR count). The molecule has 3 heterocycles. The number of fused-ring (bicyclic) bond motifs is 2. The van der Waals surface area contributed by atoms with E-state index in [0.29, 0.717) is 42.7 Å². The van der Waals surface area contributed by atoms with E-state index in [0.717, 1.165) is 27.8 Å². The third kappa shape index (κ3) is 3.16. The summed E-state index contributed by atoms with van der Waals surface area (Å²) in [5.74, 6) is -0.307. The molecule has 2 aromatic carbocycles. The lowest BCUT2D eigenvalue weighted by Crippen LogP contribution is -2.36. The molecule has 2 aromatic heterocycles. The summed E-state index contributed by atoms with van der Waals surface area (Å²) in [4.78, 5) is 23.3. The van der Waals surface area contributed by atoms with Crippen molar-refractivity contribution in [1.82, 2.24) is 14.5 Å². The van der Waals surface area contributed by atoms with Gasteiger partial charge in [0.05, 0.1) is 41.7 Å². The summed E-state index contributed by atoms with van der Waals surface area (Å²) in [5, 5.41) is 11.4. The van der Waals surface area contributed by atoms with E-state index < -0.39 is 5.97 Å². The van der Waals surface area contributed by atoms with E-state index in [9.17, 15) is 9.90 Å². The number of hydrogen-bond acceptors (Lipinski definition) is 5. The zero-order valence-electron chi connectivity index (χ0n) is 16.3. The van der Waals surface area contributed by atoms with Crippen LogP contribution < -0.4 is 4.90 Å². The lowest BCUT2D eigenvalue weighted by Gasteiger charge is -2.29. The average Bonchev–Trinajstić information content (AvgIpc) is 3.08.